The standard InChI is InChI=1S/C23H25N5O2S3/c1-11(2)8-17-27-28-23(32-17)26-21(30)19-14(5)18-20(29)24-16(25-22(18)33-19)10-31-15-9-12(3)6-7-13(15)4/h6-7,9,11H,8,10H2,1-5H3,(H,24,25,29)(H,26,28,30). The van der Waals surface area contributed by atoms with E-state index in [1.807, 2.05) is 0 Å². The molecular weight excluding hydrogens is 474 g/mol. The third-order valence-electron chi connectivity index (χ3n) is 5.03. The number of aryl methyl sites for hydroxylation is 3. The number of anilines is 1. The highest BCUT2D eigenvalue weighted by Crippen LogP contribution is 2.30. The van der Waals surface area contributed by atoms with Crippen molar-refractivity contribution in [2.75, 3.05) is 5.32 Å². The van der Waals surface area contributed by atoms with Crippen molar-refractivity contribution in [3.8, 4) is 0 Å². The van der Waals surface area contributed by atoms with E-state index in [4.69, 9.17) is 0 Å². The van der Waals surface area contributed by atoms with E-state index in [1.165, 1.54) is 33.8 Å². The molecule has 0 unspecified atom stereocenters. The molecule has 0 saturated carbocycles. The number of amides is 1. The van der Waals surface area contributed by atoms with Crippen LogP contribution in [0.25, 0.3) is 10.2 Å². The highest BCUT2D eigenvalue weighted by atomic mass is 32.2. The van der Waals surface area contributed by atoms with E-state index >= 15 is 0 Å². The maximum Gasteiger partial charge on any atom is 0.267 e. The van der Waals surface area contributed by atoms with Gasteiger partial charge >= 0.3 is 0 Å². The van der Waals surface area contributed by atoms with Crippen molar-refractivity contribution in [2.45, 2.75) is 51.7 Å². The van der Waals surface area contributed by atoms with Crippen LogP contribution in [0.4, 0.5) is 5.13 Å². The number of thiophene rings is 1. The van der Waals surface area contributed by atoms with Gasteiger partial charge in [0.1, 0.15) is 15.7 Å². The van der Waals surface area contributed by atoms with Gasteiger partial charge in [0, 0.05) is 11.3 Å². The normalized spacial score (nSPS) is 11.5. The summed E-state index contributed by atoms with van der Waals surface area (Å²) >= 11 is 4.24. The molecule has 3 aromatic heterocycles. The van der Waals surface area contributed by atoms with Gasteiger partial charge in [-0.2, -0.15) is 0 Å². The molecule has 2 N–H and O–H groups in total. The first-order valence-corrected chi connectivity index (χ1v) is 13.2. The molecule has 1 aromatic carbocycles. The third-order valence-corrected chi connectivity index (χ3v) is 8.25. The summed E-state index contributed by atoms with van der Waals surface area (Å²) < 4.78 is 0. The minimum Gasteiger partial charge on any atom is -0.309 e. The van der Waals surface area contributed by atoms with Gasteiger partial charge in [-0.3, -0.25) is 14.9 Å². The zero-order valence-corrected chi connectivity index (χ0v) is 21.6. The number of benzene rings is 1. The predicted molar refractivity (Wildman–Crippen MR) is 137 cm³/mol. The predicted octanol–water partition coefficient (Wildman–Crippen LogP) is 5.50. The number of nitrogens with zero attached hydrogens (tertiary/aromatic N) is 3. The molecule has 4 aromatic rings. The van der Waals surface area contributed by atoms with Crippen molar-refractivity contribution >= 4 is 55.7 Å². The van der Waals surface area contributed by atoms with Crippen LogP contribution in [0.5, 0.6) is 0 Å². The molecule has 0 spiro atoms. The van der Waals surface area contributed by atoms with E-state index in [-0.39, 0.29) is 11.5 Å². The van der Waals surface area contributed by atoms with E-state index in [0.29, 0.717) is 43.3 Å². The number of hydrogen-bond donors (Lipinski definition) is 2. The second-order valence-corrected chi connectivity index (χ2v) is 11.4. The van der Waals surface area contributed by atoms with Crippen molar-refractivity contribution in [2.24, 2.45) is 5.92 Å². The highest BCUT2D eigenvalue weighted by molar-refractivity contribution is 7.98. The van der Waals surface area contributed by atoms with Gasteiger partial charge in [0.2, 0.25) is 5.13 Å². The maximum absolute atomic E-state index is 12.9. The van der Waals surface area contributed by atoms with Crippen LogP contribution in [0.3, 0.4) is 0 Å². The van der Waals surface area contributed by atoms with Crippen molar-refractivity contribution < 1.29 is 4.79 Å². The average Bonchev–Trinajstić information content (AvgIpc) is 3.32. The molecule has 0 fully saturated rings. The van der Waals surface area contributed by atoms with Crippen LogP contribution in [0.1, 0.15) is 51.0 Å². The molecule has 1 amide bonds. The monoisotopic (exact) mass is 499 g/mol. The zero-order chi connectivity index (χ0) is 23.7. The zero-order valence-electron chi connectivity index (χ0n) is 19.1. The lowest BCUT2D eigenvalue weighted by Crippen LogP contribution is -2.13. The molecule has 0 aliphatic heterocycles. The number of carbonyl (C=O) groups excluding carboxylic acids is 1. The molecule has 172 valence electrons. The molecule has 0 atom stereocenters. The number of carbonyl (C=O) groups is 1. The van der Waals surface area contributed by atoms with E-state index in [1.54, 1.807) is 18.7 Å². The molecule has 0 aliphatic carbocycles. The fourth-order valence-corrected chi connectivity index (χ4v) is 6.41. The Morgan fingerprint density at radius 3 is 2.73 bits per heavy atom. The van der Waals surface area contributed by atoms with Gasteiger partial charge in [0.25, 0.3) is 11.5 Å². The first kappa shape index (κ1) is 23.6. The van der Waals surface area contributed by atoms with E-state index in [9.17, 15) is 9.59 Å². The van der Waals surface area contributed by atoms with Crippen LogP contribution in [-0.2, 0) is 12.2 Å². The van der Waals surface area contributed by atoms with Crippen molar-refractivity contribution in [1.82, 2.24) is 20.2 Å². The Labute approximate surface area is 204 Å². The lowest BCUT2D eigenvalue weighted by atomic mass is 10.1. The molecule has 33 heavy (non-hydrogen) atoms. The summed E-state index contributed by atoms with van der Waals surface area (Å²) in [5.41, 5.74) is 2.78. The number of nitrogens with one attached hydrogen (secondary N) is 2. The van der Waals surface area contributed by atoms with Crippen LogP contribution < -0.4 is 10.9 Å². The molecule has 4 rings (SSSR count). The fraction of sp³-hybridized carbons (Fsp3) is 0.348. The smallest absolute Gasteiger partial charge is 0.267 e. The third kappa shape index (κ3) is 5.34. The molecule has 0 bridgehead atoms. The molecule has 7 nitrogen and oxygen atoms in total. The Hall–Kier alpha value is -2.56. The van der Waals surface area contributed by atoms with E-state index in [2.05, 4.69) is 71.4 Å². The van der Waals surface area contributed by atoms with E-state index in [0.717, 1.165) is 16.3 Å². The first-order valence-electron chi connectivity index (χ1n) is 10.6. The highest BCUT2D eigenvalue weighted by Gasteiger charge is 2.21. The van der Waals surface area contributed by atoms with E-state index < -0.39 is 0 Å². The van der Waals surface area contributed by atoms with Gasteiger partial charge in [-0.05, 0) is 43.9 Å². The topological polar surface area (TPSA) is 101 Å². The number of fused-ring (bicyclic) bond motifs is 1. The summed E-state index contributed by atoms with van der Waals surface area (Å²) in [7, 11) is 0. The fourth-order valence-electron chi connectivity index (χ4n) is 3.37. The minimum atomic E-state index is -0.298. The summed E-state index contributed by atoms with van der Waals surface area (Å²) in [5, 5.41) is 12.8. The number of rotatable bonds is 7. The summed E-state index contributed by atoms with van der Waals surface area (Å²) in [6, 6.07) is 6.31. The SMILES string of the molecule is Cc1ccc(C)c(SCc2nc3sc(C(=O)Nc4nnc(CC(C)C)s4)c(C)c3c(=O)[nH]2)c1. The molecule has 0 radical (unpaired) electrons. The minimum absolute atomic E-state index is 0.223. The Kier molecular flexibility index (Phi) is 6.96. The Morgan fingerprint density at radius 2 is 1.97 bits per heavy atom. The number of H-pyrrole nitrogens is 1. The van der Waals surface area contributed by atoms with Crippen molar-refractivity contribution in [1.29, 1.82) is 0 Å². The average molecular weight is 500 g/mol. The number of hydrogen-bond acceptors (Lipinski definition) is 8. The first-order chi connectivity index (χ1) is 15.7. The van der Waals surface area contributed by atoms with Crippen LogP contribution in [0.2, 0.25) is 0 Å². The van der Waals surface area contributed by atoms with Gasteiger partial charge in [-0.15, -0.1) is 33.3 Å². The number of aromatic amines is 1. The lowest BCUT2D eigenvalue weighted by Gasteiger charge is -2.06. The van der Waals surface area contributed by atoms with Gasteiger partial charge in [-0.1, -0.05) is 42.9 Å². The summed E-state index contributed by atoms with van der Waals surface area (Å²) in [4.78, 5) is 35.4. The maximum atomic E-state index is 12.9. The summed E-state index contributed by atoms with van der Waals surface area (Å²) in [6.07, 6.45) is 0.817. The molecular formula is C23H25N5O2S3. The van der Waals surface area contributed by atoms with Crippen molar-refractivity contribution in [3.63, 3.8) is 0 Å². The summed E-state index contributed by atoms with van der Waals surface area (Å²) in [5.74, 6) is 1.30. The van der Waals surface area contributed by atoms with Gasteiger partial charge in [-0.25, -0.2) is 4.98 Å². The van der Waals surface area contributed by atoms with Gasteiger partial charge < -0.3 is 4.98 Å². The van der Waals surface area contributed by atoms with Crippen LogP contribution in [0, 0.1) is 26.7 Å². The second-order valence-electron chi connectivity index (χ2n) is 8.36. The molecule has 3 heterocycles. The summed E-state index contributed by atoms with van der Waals surface area (Å²) in [6.45, 7) is 10.1. The second kappa shape index (κ2) is 9.74. The Balaban J connectivity index is 1.55. The van der Waals surface area contributed by atoms with Crippen LogP contribution >= 0.6 is 34.4 Å². The largest absolute Gasteiger partial charge is 0.309 e. The van der Waals surface area contributed by atoms with Gasteiger partial charge in [0.15, 0.2) is 0 Å². The number of thioether (sulfide) groups is 1. The molecule has 0 aliphatic rings. The van der Waals surface area contributed by atoms with Crippen LogP contribution in [-0.4, -0.2) is 26.1 Å². The molecule has 0 saturated heterocycles. The molecule has 10 heteroatoms. The van der Waals surface area contributed by atoms with Crippen molar-refractivity contribution in [3.05, 3.63) is 61.0 Å². The van der Waals surface area contributed by atoms with Crippen LogP contribution in [0.15, 0.2) is 27.9 Å². The lowest BCUT2D eigenvalue weighted by molar-refractivity contribution is 0.103. The quantitative estimate of drug-likeness (QED) is 0.326. The number of aromatic nitrogens is 4. The Bertz CT molecular complexity index is 1390. The Morgan fingerprint density at radius 1 is 1.18 bits per heavy atom. The van der Waals surface area contributed by atoms with Gasteiger partial charge in [0.05, 0.1) is 16.0 Å².